The molecule has 2 unspecified atom stereocenters. The zero-order chi connectivity index (χ0) is 19.4. The van der Waals surface area contributed by atoms with Crippen LogP contribution >= 0.6 is 0 Å². The van der Waals surface area contributed by atoms with Crippen LogP contribution in [0.25, 0.3) is 0 Å². The number of aliphatic hydroxyl groups is 1. The van der Waals surface area contributed by atoms with E-state index in [0.29, 0.717) is 18.3 Å². The van der Waals surface area contributed by atoms with E-state index in [1.807, 2.05) is 18.2 Å². The van der Waals surface area contributed by atoms with Gasteiger partial charge >= 0.3 is 0 Å². The van der Waals surface area contributed by atoms with Crippen molar-refractivity contribution < 1.29 is 5.11 Å². The topological polar surface area (TPSA) is 20.2 Å². The van der Waals surface area contributed by atoms with Crippen molar-refractivity contribution in [2.75, 3.05) is 6.61 Å². The van der Waals surface area contributed by atoms with Crippen LogP contribution in [-0.2, 0) is 0 Å². The third-order valence-electron chi connectivity index (χ3n) is 4.48. The van der Waals surface area contributed by atoms with Crippen LogP contribution in [-0.4, -0.2) is 11.7 Å². The van der Waals surface area contributed by atoms with Crippen molar-refractivity contribution >= 4 is 0 Å². The van der Waals surface area contributed by atoms with Gasteiger partial charge in [-0.1, -0.05) is 96.4 Å². The second kappa shape index (κ2) is 12.5. The van der Waals surface area contributed by atoms with E-state index < -0.39 is 0 Å². The average Bonchev–Trinajstić information content (AvgIpc) is 2.61. The Morgan fingerprint density at radius 3 is 2.12 bits per heavy atom. The molecule has 0 heterocycles. The Kier molecular flexibility index (Phi) is 11.6. The molecule has 25 heavy (non-hydrogen) atoms. The van der Waals surface area contributed by atoms with Gasteiger partial charge in [0.05, 0.1) is 0 Å². The Hall–Kier alpha value is -1.86. The molecule has 0 spiro atoms. The third kappa shape index (κ3) is 9.26. The summed E-state index contributed by atoms with van der Waals surface area (Å²) >= 11 is 0. The molecule has 0 bridgehead atoms. The summed E-state index contributed by atoms with van der Waals surface area (Å²) in [4.78, 5) is 0. The molecule has 0 saturated carbocycles. The van der Waals surface area contributed by atoms with Gasteiger partial charge in [-0.2, -0.15) is 0 Å². The van der Waals surface area contributed by atoms with Gasteiger partial charge in [0.2, 0.25) is 0 Å². The molecular formula is C24H36O. The minimum absolute atomic E-state index is 0.108. The van der Waals surface area contributed by atoms with E-state index >= 15 is 0 Å². The molecule has 1 nitrogen and oxygen atoms in total. The SMILES string of the molecule is C=C(/C=C\C(=C)C(C)/C=C\C(C)CC)C(=C)/C=C(/CCO)C(=C)CC. The van der Waals surface area contributed by atoms with Crippen LogP contribution in [0.1, 0.15) is 47.0 Å². The molecule has 138 valence electrons. The number of hydrogen-bond donors (Lipinski definition) is 1. The van der Waals surface area contributed by atoms with Gasteiger partial charge in [0.25, 0.3) is 0 Å². The van der Waals surface area contributed by atoms with Crippen LogP contribution in [0.3, 0.4) is 0 Å². The maximum absolute atomic E-state index is 9.21. The summed E-state index contributed by atoms with van der Waals surface area (Å²) in [6, 6.07) is 0. The van der Waals surface area contributed by atoms with Gasteiger partial charge < -0.3 is 5.11 Å². The zero-order valence-corrected chi connectivity index (χ0v) is 16.6. The summed E-state index contributed by atoms with van der Waals surface area (Å²) in [5.74, 6) is 0.891. The Balaban J connectivity index is 4.92. The largest absolute Gasteiger partial charge is 0.396 e. The molecule has 1 N–H and O–H groups in total. The van der Waals surface area contributed by atoms with Gasteiger partial charge in [-0.15, -0.1) is 0 Å². The van der Waals surface area contributed by atoms with Crippen LogP contribution < -0.4 is 0 Å². The van der Waals surface area contributed by atoms with Crippen LogP contribution in [0.2, 0.25) is 0 Å². The lowest BCUT2D eigenvalue weighted by Crippen LogP contribution is -1.95. The molecular weight excluding hydrogens is 304 g/mol. The number of hydrogen-bond acceptors (Lipinski definition) is 1. The van der Waals surface area contributed by atoms with Gasteiger partial charge in [-0.25, -0.2) is 0 Å². The maximum atomic E-state index is 9.21. The van der Waals surface area contributed by atoms with Gasteiger partial charge in [0.15, 0.2) is 0 Å². The van der Waals surface area contributed by atoms with Crippen LogP contribution in [0.15, 0.2) is 84.6 Å². The highest BCUT2D eigenvalue weighted by molar-refractivity contribution is 5.48. The number of aliphatic hydroxyl groups excluding tert-OH is 1. The molecule has 0 aliphatic carbocycles. The molecule has 2 atom stereocenters. The smallest absolute Gasteiger partial charge is 0.0471 e. The van der Waals surface area contributed by atoms with Crippen molar-refractivity contribution in [1.29, 1.82) is 0 Å². The van der Waals surface area contributed by atoms with Gasteiger partial charge in [-0.05, 0) is 47.0 Å². The summed E-state index contributed by atoms with van der Waals surface area (Å²) in [7, 11) is 0. The summed E-state index contributed by atoms with van der Waals surface area (Å²) in [5.41, 5.74) is 4.79. The van der Waals surface area contributed by atoms with E-state index in [-0.39, 0.29) is 6.61 Å². The van der Waals surface area contributed by atoms with Crippen molar-refractivity contribution in [1.82, 2.24) is 0 Å². The fourth-order valence-electron chi connectivity index (χ4n) is 2.08. The molecule has 0 amide bonds. The summed E-state index contributed by atoms with van der Waals surface area (Å²) < 4.78 is 0. The van der Waals surface area contributed by atoms with Crippen molar-refractivity contribution in [3.8, 4) is 0 Å². The number of allylic oxidation sites excluding steroid dienone is 9. The van der Waals surface area contributed by atoms with E-state index in [1.54, 1.807) is 0 Å². The minimum Gasteiger partial charge on any atom is -0.396 e. The molecule has 1 heteroatoms. The lowest BCUT2D eigenvalue weighted by Gasteiger charge is -2.10. The lowest BCUT2D eigenvalue weighted by atomic mass is 9.96. The first-order chi connectivity index (χ1) is 11.8. The normalized spacial score (nSPS) is 14.7. The molecule has 0 aromatic rings. The molecule has 0 rings (SSSR count). The molecule has 0 radical (unpaired) electrons. The van der Waals surface area contributed by atoms with Crippen LogP contribution in [0, 0.1) is 11.8 Å². The molecule has 0 aliphatic heterocycles. The number of rotatable bonds is 12. The summed E-state index contributed by atoms with van der Waals surface area (Å²) in [5, 5.41) is 9.21. The molecule has 0 aromatic heterocycles. The van der Waals surface area contributed by atoms with Gasteiger partial charge in [0, 0.05) is 6.61 Å². The fraction of sp³-hybridized carbons (Fsp3) is 0.417. The quantitative estimate of drug-likeness (QED) is 0.309. The first-order valence-electron chi connectivity index (χ1n) is 9.19. The Bertz CT molecular complexity index is 569. The fourth-order valence-corrected chi connectivity index (χ4v) is 2.08. The van der Waals surface area contributed by atoms with Crippen molar-refractivity contribution in [2.45, 2.75) is 47.0 Å². The predicted octanol–water partition coefficient (Wildman–Crippen LogP) is 6.72. The summed E-state index contributed by atoms with van der Waals surface area (Å²) in [6.45, 7) is 25.1. The van der Waals surface area contributed by atoms with E-state index in [4.69, 9.17) is 0 Å². The highest BCUT2D eigenvalue weighted by Gasteiger charge is 2.04. The molecule has 0 fully saturated rings. The molecule has 0 aromatic carbocycles. The van der Waals surface area contributed by atoms with Crippen molar-refractivity contribution in [2.24, 2.45) is 11.8 Å². The maximum Gasteiger partial charge on any atom is 0.0471 e. The van der Waals surface area contributed by atoms with E-state index in [0.717, 1.165) is 40.7 Å². The highest BCUT2D eigenvalue weighted by Crippen LogP contribution is 2.21. The van der Waals surface area contributed by atoms with Gasteiger partial charge in [0.1, 0.15) is 0 Å². The van der Waals surface area contributed by atoms with Crippen LogP contribution in [0.4, 0.5) is 0 Å². The standard InChI is InChI=1S/C24H36O/c1-9-18(3)11-12-20(5)21(6)13-14-22(7)23(8)17-24(15-16-25)19(4)10-2/h11-14,17-18,20,25H,4,6-10,15-16H2,1-3,5H3/b12-11-,14-13-,24-17-. The molecule has 0 aliphatic rings. The Morgan fingerprint density at radius 1 is 0.960 bits per heavy atom. The Labute approximate surface area is 155 Å². The van der Waals surface area contributed by atoms with Crippen molar-refractivity contribution in [3.05, 3.63) is 84.6 Å². The first-order valence-corrected chi connectivity index (χ1v) is 9.19. The monoisotopic (exact) mass is 340 g/mol. The molecule has 0 saturated heterocycles. The van der Waals surface area contributed by atoms with Gasteiger partial charge in [-0.3, -0.25) is 0 Å². The Morgan fingerprint density at radius 2 is 1.60 bits per heavy atom. The summed E-state index contributed by atoms with van der Waals surface area (Å²) in [6.07, 6.45) is 13.0. The zero-order valence-electron chi connectivity index (χ0n) is 16.6. The second-order valence-corrected chi connectivity index (χ2v) is 6.62. The lowest BCUT2D eigenvalue weighted by molar-refractivity contribution is 0.299. The van der Waals surface area contributed by atoms with Crippen molar-refractivity contribution in [3.63, 3.8) is 0 Å². The van der Waals surface area contributed by atoms with Crippen LogP contribution in [0.5, 0.6) is 0 Å². The first kappa shape index (κ1) is 23.1. The highest BCUT2D eigenvalue weighted by atomic mass is 16.2. The van der Waals surface area contributed by atoms with E-state index in [1.165, 1.54) is 0 Å². The predicted molar refractivity (Wildman–Crippen MR) is 114 cm³/mol. The average molecular weight is 341 g/mol. The van der Waals surface area contributed by atoms with E-state index in [2.05, 4.69) is 66.2 Å². The minimum atomic E-state index is 0.108. The third-order valence-corrected chi connectivity index (χ3v) is 4.48. The second-order valence-electron chi connectivity index (χ2n) is 6.62. The van der Waals surface area contributed by atoms with E-state index in [9.17, 15) is 5.11 Å².